The summed E-state index contributed by atoms with van der Waals surface area (Å²) in [4.78, 5) is 0. The molecular formula is C14H31N3. The molecule has 1 rings (SSSR count). The number of hydrogen-bond donors (Lipinski definition) is 2. The van der Waals surface area contributed by atoms with Crippen LogP contribution >= 0.6 is 0 Å². The molecule has 1 fully saturated rings. The van der Waals surface area contributed by atoms with Crippen molar-refractivity contribution in [2.45, 2.75) is 77.9 Å². The van der Waals surface area contributed by atoms with E-state index in [0.717, 1.165) is 6.54 Å². The number of nitrogens with one attached hydrogen (secondary N) is 1. The third-order valence-electron chi connectivity index (χ3n) is 4.19. The van der Waals surface area contributed by atoms with Crippen LogP contribution in [0.2, 0.25) is 0 Å². The van der Waals surface area contributed by atoms with E-state index in [1.807, 2.05) is 0 Å². The summed E-state index contributed by atoms with van der Waals surface area (Å²) in [6, 6.07) is 1.71. The molecule has 0 spiro atoms. The Labute approximate surface area is 107 Å². The fraction of sp³-hybridized carbons (Fsp3) is 1.00. The molecule has 0 aromatic rings. The molecule has 0 amide bonds. The fourth-order valence-electron chi connectivity index (χ4n) is 2.94. The summed E-state index contributed by atoms with van der Waals surface area (Å²) in [5, 5.41) is 2.45. The first-order valence-electron chi connectivity index (χ1n) is 7.34. The first kappa shape index (κ1) is 14.9. The van der Waals surface area contributed by atoms with Crippen molar-refractivity contribution in [2.24, 2.45) is 11.7 Å². The van der Waals surface area contributed by atoms with Crippen LogP contribution in [-0.4, -0.2) is 29.7 Å². The summed E-state index contributed by atoms with van der Waals surface area (Å²) in [5.74, 6) is 0.659. The topological polar surface area (TPSA) is 41.3 Å². The van der Waals surface area contributed by atoms with Gasteiger partial charge >= 0.3 is 0 Å². The zero-order valence-corrected chi connectivity index (χ0v) is 12.1. The molecule has 1 aliphatic heterocycles. The highest BCUT2D eigenvalue weighted by molar-refractivity contribution is 4.81. The highest BCUT2D eigenvalue weighted by Gasteiger charge is 2.27. The first-order valence-corrected chi connectivity index (χ1v) is 7.34. The van der Waals surface area contributed by atoms with Gasteiger partial charge in [0, 0.05) is 24.7 Å². The van der Waals surface area contributed by atoms with Gasteiger partial charge in [0.05, 0.1) is 0 Å². The molecule has 3 N–H and O–H groups in total. The van der Waals surface area contributed by atoms with E-state index < -0.39 is 0 Å². The number of rotatable bonds is 6. The maximum atomic E-state index is 5.92. The van der Waals surface area contributed by atoms with Crippen LogP contribution in [0, 0.1) is 5.92 Å². The first-order chi connectivity index (χ1) is 8.10. The van der Waals surface area contributed by atoms with E-state index in [9.17, 15) is 0 Å². The summed E-state index contributed by atoms with van der Waals surface area (Å²) in [7, 11) is 0. The summed E-state index contributed by atoms with van der Waals surface area (Å²) in [6.45, 7) is 9.93. The maximum Gasteiger partial charge on any atom is 0.0363 e. The monoisotopic (exact) mass is 241 g/mol. The van der Waals surface area contributed by atoms with Gasteiger partial charge in [-0.2, -0.15) is 0 Å². The normalized spacial score (nSPS) is 30.2. The van der Waals surface area contributed by atoms with E-state index in [0.29, 0.717) is 24.0 Å². The number of piperidine rings is 1. The van der Waals surface area contributed by atoms with Gasteiger partial charge in [-0.15, -0.1) is 0 Å². The molecule has 3 nitrogen and oxygen atoms in total. The molecule has 0 aromatic heterocycles. The molecule has 102 valence electrons. The number of hydrogen-bond acceptors (Lipinski definition) is 3. The van der Waals surface area contributed by atoms with Crippen LogP contribution < -0.4 is 11.2 Å². The van der Waals surface area contributed by atoms with Crippen LogP contribution in [0.15, 0.2) is 0 Å². The van der Waals surface area contributed by atoms with Gasteiger partial charge in [-0.3, -0.25) is 5.43 Å². The van der Waals surface area contributed by atoms with Gasteiger partial charge in [0.2, 0.25) is 0 Å². The van der Waals surface area contributed by atoms with E-state index in [4.69, 9.17) is 5.73 Å². The van der Waals surface area contributed by atoms with Crippen LogP contribution in [-0.2, 0) is 0 Å². The quantitative estimate of drug-likeness (QED) is 0.751. The Morgan fingerprint density at radius 2 is 1.88 bits per heavy atom. The molecule has 0 saturated carbocycles. The molecule has 1 saturated heterocycles. The van der Waals surface area contributed by atoms with Crippen molar-refractivity contribution < 1.29 is 0 Å². The zero-order valence-electron chi connectivity index (χ0n) is 12.1. The Morgan fingerprint density at radius 3 is 2.35 bits per heavy atom. The molecular weight excluding hydrogens is 210 g/mol. The Bertz CT molecular complexity index is 198. The van der Waals surface area contributed by atoms with Crippen molar-refractivity contribution in [3.05, 3.63) is 0 Å². The van der Waals surface area contributed by atoms with Crippen LogP contribution in [0.5, 0.6) is 0 Å². The summed E-state index contributed by atoms with van der Waals surface area (Å²) in [5.41, 5.74) is 9.62. The van der Waals surface area contributed by atoms with Gasteiger partial charge in [0.1, 0.15) is 0 Å². The van der Waals surface area contributed by atoms with Crippen molar-refractivity contribution in [1.82, 2.24) is 10.4 Å². The van der Waals surface area contributed by atoms with E-state index in [-0.39, 0.29) is 0 Å². The van der Waals surface area contributed by atoms with E-state index in [1.165, 1.54) is 32.1 Å². The van der Waals surface area contributed by atoms with Crippen LogP contribution in [0.1, 0.15) is 59.8 Å². The molecule has 0 aliphatic carbocycles. The fourth-order valence-corrected chi connectivity index (χ4v) is 2.94. The van der Waals surface area contributed by atoms with Crippen LogP contribution in [0.25, 0.3) is 0 Å². The average molecular weight is 241 g/mol. The van der Waals surface area contributed by atoms with E-state index in [2.05, 4.69) is 38.1 Å². The number of hydrazine groups is 1. The van der Waals surface area contributed by atoms with E-state index >= 15 is 0 Å². The summed E-state index contributed by atoms with van der Waals surface area (Å²) in [6.07, 6.45) is 6.46. The van der Waals surface area contributed by atoms with Crippen molar-refractivity contribution in [3.63, 3.8) is 0 Å². The average Bonchev–Trinajstić information content (AvgIpc) is 2.29. The third-order valence-corrected chi connectivity index (χ3v) is 4.19. The third kappa shape index (κ3) is 4.23. The maximum absolute atomic E-state index is 5.92. The molecule has 17 heavy (non-hydrogen) atoms. The summed E-state index contributed by atoms with van der Waals surface area (Å²) >= 11 is 0. The van der Waals surface area contributed by atoms with E-state index in [1.54, 1.807) is 0 Å². The summed E-state index contributed by atoms with van der Waals surface area (Å²) < 4.78 is 0. The number of nitrogens with two attached hydrogens (primary N) is 1. The molecule has 1 heterocycles. The van der Waals surface area contributed by atoms with Crippen molar-refractivity contribution in [2.75, 3.05) is 6.54 Å². The highest BCUT2D eigenvalue weighted by Crippen LogP contribution is 2.21. The second-order valence-electron chi connectivity index (χ2n) is 5.77. The van der Waals surface area contributed by atoms with Crippen LogP contribution in [0.3, 0.4) is 0 Å². The zero-order chi connectivity index (χ0) is 12.8. The lowest BCUT2D eigenvalue weighted by molar-refractivity contribution is 0.0207. The van der Waals surface area contributed by atoms with Crippen molar-refractivity contribution in [3.8, 4) is 0 Å². The standard InChI is InChI=1S/C14H31N3/c1-5-7-11(2)14(10-15)16-17-12(3)8-6-9-13(17)4/h11-14,16H,5-10,15H2,1-4H3. The Balaban J connectivity index is 2.53. The molecule has 0 radical (unpaired) electrons. The van der Waals surface area contributed by atoms with Crippen LogP contribution in [0.4, 0.5) is 0 Å². The van der Waals surface area contributed by atoms with Gasteiger partial charge in [-0.25, -0.2) is 5.01 Å². The minimum atomic E-state index is 0.429. The van der Waals surface area contributed by atoms with Gasteiger partial charge in [-0.05, 0) is 39.0 Å². The van der Waals surface area contributed by atoms with Crippen molar-refractivity contribution in [1.29, 1.82) is 0 Å². The lowest BCUT2D eigenvalue weighted by Gasteiger charge is -2.42. The lowest BCUT2D eigenvalue weighted by Crippen LogP contribution is -2.58. The molecule has 3 heteroatoms. The largest absolute Gasteiger partial charge is 0.329 e. The second-order valence-corrected chi connectivity index (χ2v) is 5.77. The second kappa shape index (κ2) is 7.34. The van der Waals surface area contributed by atoms with Crippen molar-refractivity contribution >= 4 is 0 Å². The molecule has 4 atom stereocenters. The van der Waals surface area contributed by atoms with Gasteiger partial charge < -0.3 is 5.73 Å². The lowest BCUT2D eigenvalue weighted by atomic mass is 9.96. The number of nitrogens with zero attached hydrogens (tertiary/aromatic N) is 1. The van der Waals surface area contributed by atoms with Gasteiger partial charge in [0.25, 0.3) is 0 Å². The Hall–Kier alpha value is -0.120. The Kier molecular flexibility index (Phi) is 6.45. The minimum Gasteiger partial charge on any atom is -0.329 e. The predicted octanol–water partition coefficient (Wildman–Crippen LogP) is 2.52. The SMILES string of the molecule is CCCC(C)C(CN)NN1C(C)CCCC1C. The van der Waals surface area contributed by atoms with Gasteiger partial charge in [0.15, 0.2) is 0 Å². The highest BCUT2D eigenvalue weighted by atomic mass is 15.5. The minimum absolute atomic E-state index is 0.429. The smallest absolute Gasteiger partial charge is 0.0363 e. The molecule has 0 bridgehead atoms. The van der Waals surface area contributed by atoms with Gasteiger partial charge in [-0.1, -0.05) is 26.7 Å². The molecule has 0 aromatic carbocycles. The molecule has 1 aliphatic rings. The molecule has 4 unspecified atom stereocenters. The Morgan fingerprint density at radius 1 is 1.29 bits per heavy atom. The predicted molar refractivity (Wildman–Crippen MR) is 74.7 cm³/mol.